The first-order valence-corrected chi connectivity index (χ1v) is 7.63. The molecule has 1 aliphatic heterocycles. The SMILES string of the molecule is CN1CCC(NS(=O)(=O)c2scnc2C(=O)O)C1=O. The Labute approximate surface area is 113 Å². The normalized spacial score (nSPS) is 19.9. The Morgan fingerprint density at radius 1 is 1.63 bits per heavy atom. The molecule has 104 valence electrons. The molecule has 2 heterocycles. The third-order valence-corrected chi connectivity index (χ3v) is 5.55. The largest absolute Gasteiger partial charge is 0.476 e. The second kappa shape index (κ2) is 4.87. The van der Waals surface area contributed by atoms with Gasteiger partial charge in [-0.15, -0.1) is 11.3 Å². The van der Waals surface area contributed by atoms with E-state index < -0.39 is 27.7 Å². The molecule has 8 nitrogen and oxygen atoms in total. The van der Waals surface area contributed by atoms with Gasteiger partial charge in [-0.1, -0.05) is 0 Å². The first-order valence-electron chi connectivity index (χ1n) is 5.27. The molecule has 0 aliphatic carbocycles. The fraction of sp³-hybridized carbons (Fsp3) is 0.444. The second-order valence-corrected chi connectivity index (χ2v) is 6.78. The highest BCUT2D eigenvalue weighted by Crippen LogP contribution is 2.21. The van der Waals surface area contributed by atoms with Crippen molar-refractivity contribution < 1.29 is 23.1 Å². The first kappa shape index (κ1) is 13.9. The number of sulfonamides is 1. The van der Waals surface area contributed by atoms with Crippen LogP contribution < -0.4 is 4.72 Å². The molecule has 0 spiro atoms. The molecule has 2 N–H and O–H groups in total. The summed E-state index contributed by atoms with van der Waals surface area (Å²) in [5.41, 5.74) is 0.608. The number of rotatable bonds is 4. The number of likely N-dealkylation sites (tertiary alicyclic amines) is 1. The number of hydrogen-bond donors (Lipinski definition) is 2. The molecule has 0 radical (unpaired) electrons. The summed E-state index contributed by atoms with van der Waals surface area (Å²) < 4.78 is 25.9. The fourth-order valence-corrected chi connectivity index (χ4v) is 4.12. The quantitative estimate of drug-likeness (QED) is 0.763. The minimum atomic E-state index is -4.05. The molecule has 0 bridgehead atoms. The zero-order chi connectivity index (χ0) is 14.2. The van der Waals surface area contributed by atoms with E-state index in [1.807, 2.05) is 0 Å². The van der Waals surface area contributed by atoms with Gasteiger partial charge in [-0.3, -0.25) is 4.79 Å². The van der Waals surface area contributed by atoms with E-state index in [0.717, 1.165) is 5.51 Å². The predicted molar refractivity (Wildman–Crippen MR) is 65.4 cm³/mol. The highest BCUT2D eigenvalue weighted by Gasteiger charge is 2.35. The van der Waals surface area contributed by atoms with E-state index in [1.165, 1.54) is 4.90 Å². The van der Waals surface area contributed by atoms with E-state index in [9.17, 15) is 18.0 Å². The van der Waals surface area contributed by atoms with Crippen molar-refractivity contribution in [2.45, 2.75) is 16.7 Å². The summed E-state index contributed by atoms with van der Waals surface area (Å²) in [6, 6.07) is -0.848. The first-order chi connectivity index (χ1) is 8.83. The van der Waals surface area contributed by atoms with Crippen molar-refractivity contribution >= 4 is 33.2 Å². The average molecular weight is 305 g/mol. The summed E-state index contributed by atoms with van der Waals surface area (Å²) >= 11 is 0.703. The maximum Gasteiger partial charge on any atom is 0.356 e. The van der Waals surface area contributed by atoms with E-state index in [1.54, 1.807) is 7.05 Å². The number of hydrogen-bond acceptors (Lipinski definition) is 6. The van der Waals surface area contributed by atoms with Crippen molar-refractivity contribution in [2.24, 2.45) is 0 Å². The molecule has 1 amide bonds. The van der Waals surface area contributed by atoms with Crippen LogP contribution in [0.15, 0.2) is 9.72 Å². The number of aromatic carboxylic acids is 1. The predicted octanol–water partition coefficient (Wildman–Crippen LogP) is -0.650. The Bertz CT molecular complexity index is 624. The third kappa shape index (κ3) is 2.60. The van der Waals surface area contributed by atoms with Crippen LogP contribution in [0.4, 0.5) is 0 Å². The van der Waals surface area contributed by atoms with Crippen LogP contribution in [0.1, 0.15) is 16.9 Å². The summed E-state index contributed by atoms with van der Waals surface area (Å²) in [4.78, 5) is 27.4. The average Bonchev–Trinajstić information content (AvgIpc) is 2.91. The summed E-state index contributed by atoms with van der Waals surface area (Å²) in [6.45, 7) is 0.459. The molecule has 19 heavy (non-hydrogen) atoms. The number of amides is 1. The standard InChI is InChI=1S/C9H11N3O5S2/c1-12-3-2-5(7(12)13)11-19(16,17)9-6(8(14)15)10-4-18-9/h4-5,11H,2-3H2,1H3,(H,14,15). The van der Waals surface area contributed by atoms with Crippen molar-refractivity contribution in [1.29, 1.82) is 0 Å². The topological polar surface area (TPSA) is 117 Å². The number of nitrogens with one attached hydrogen (secondary N) is 1. The molecule has 1 aromatic rings. The Morgan fingerprint density at radius 2 is 2.32 bits per heavy atom. The highest BCUT2D eigenvalue weighted by molar-refractivity contribution is 7.91. The van der Waals surface area contributed by atoms with Gasteiger partial charge in [0.1, 0.15) is 6.04 Å². The highest BCUT2D eigenvalue weighted by atomic mass is 32.2. The molecular weight excluding hydrogens is 294 g/mol. The molecule has 1 fully saturated rings. The van der Waals surface area contributed by atoms with Crippen LogP contribution in [0.25, 0.3) is 0 Å². The lowest BCUT2D eigenvalue weighted by molar-refractivity contribution is -0.127. The van der Waals surface area contributed by atoms with Crippen LogP contribution in [0.3, 0.4) is 0 Å². The number of carbonyl (C=O) groups is 2. The Balaban J connectivity index is 2.26. The summed E-state index contributed by atoms with van der Waals surface area (Å²) in [5, 5.41) is 8.85. The molecule has 1 aromatic heterocycles. The Morgan fingerprint density at radius 3 is 2.84 bits per heavy atom. The lowest BCUT2D eigenvalue weighted by Crippen LogP contribution is -2.40. The van der Waals surface area contributed by atoms with Crippen molar-refractivity contribution in [2.75, 3.05) is 13.6 Å². The zero-order valence-electron chi connectivity index (χ0n) is 9.86. The minimum Gasteiger partial charge on any atom is -0.476 e. The molecular formula is C9H11N3O5S2. The number of nitrogens with zero attached hydrogens (tertiary/aromatic N) is 2. The van der Waals surface area contributed by atoms with Gasteiger partial charge in [0.15, 0.2) is 9.90 Å². The van der Waals surface area contributed by atoms with Gasteiger partial charge in [0.25, 0.3) is 10.0 Å². The van der Waals surface area contributed by atoms with Gasteiger partial charge in [-0.2, -0.15) is 4.72 Å². The van der Waals surface area contributed by atoms with Crippen LogP contribution >= 0.6 is 11.3 Å². The van der Waals surface area contributed by atoms with Gasteiger partial charge >= 0.3 is 5.97 Å². The number of carboxylic acid groups (broad SMARTS) is 1. The molecule has 1 atom stereocenters. The Hall–Kier alpha value is -1.52. The molecule has 0 aromatic carbocycles. The number of likely N-dealkylation sites (N-methyl/N-ethyl adjacent to an activating group) is 1. The van der Waals surface area contributed by atoms with E-state index >= 15 is 0 Å². The zero-order valence-corrected chi connectivity index (χ0v) is 11.5. The van der Waals surface area contributed by atoms with Crippen molar-refractivity contribution in [1.82, 2.24) is 14.6 Å². The maximum absolute atomic E-state index is 12.1. The molecule has 1 unspecified atom stereocenters. The van der Waals surface area contributed by atoms with Gasteiger partial charge in [0.05, 0.1) is 5.51 Å². The van der Waals surface area contributed by atoms with Gasteiger partial charge in [0.2, 0.25) is 5.91 Å². The molecule has 1 aliphatic rings. The van der Waals surface area contributed by atoms with E-state index in [4.69, 9.17) is 5.11 Å². The van der Waals surface area contributed by atoms with Crippen LogP contribution in [-0.2, 0) is 14.8 Å². The molecule has 10 heteroatoms. The lowest BCUT2D eigenvalue weighted by atomic mass is 10.3. The number of thiazole rings is 1. The number of aromatic nitrogens is 1. The van der Waals surface area contributed by atoms with Crippen molar-refractivity contribution in [3.63, 3.8) is 0 Å². The molecule has 0 saturated carbocycles. The van der Waals surface area contributed by atoms with Crippen LogP contribution in [0.5, 0.6) is 0 Å². The summed E-state index contributed by atoms with van der Waals surface area (Å²) in [7, 11) is -2.48. The van der Waals surface area contributed by atoms with Gasteiger partial charge in [-0.05, 0) is 6.42 Å². The third-order valence-electron chi connectivity index (χ3n) is 2.71. The number of carboxylic acids is 1. The van der Waals surface area contributed by atoms with E-state index in [-0.39, 0.29) is 10.1 Å². The van der Waals surface area contributed by atoms with Gasteiger partial charge in [0, 0.05) is 13.6 Å². The minimum absolute atomic E-state index is 0.329. The smallest absolute Gasteiger partial charge is 0.356 e. The van der Waals surface area contributed by atoms with Gasteiger partial charge in [-0.25, -0.2) is 18.2 Å². The monoisotopic (exact) mass is 305 g/mol. The fourth-order valence-electron chi connectivity index (χ4n) is 1.74. The van der Waals surface area contributed by atoms with Crippen LogP contribution in [-0.4, -0.2) is 54.9 Å². The number of carbonyl (C=O) groups excluding carboxylic acids is 1. The van der Waals surface area contributed by atoms with Crippen molar-refractivity contribution in [3.8, 4) is 0 Å². The maximum atomic E-state index is 12.1. The summed E-state index contributed by atoms with van der Waals surface area (Å²) in [5.74, 6) is -1.75. The molecule has 1 saturated heterocycles. The molecule has 2 rings (SSSR count). The second-order valence-electron chi connectivity index (χ2n) is 4.02. The van der Waals surface area contributed by atoms with Crippen LogP contribution in [0.2, 0.25) is 0 Å². The Kier molecular flexibility index (Phi) is 3.56. The van der Waals surface area contributed by atoms with Crippen molar-refractivity contribution in [3.05, 3.63) is 11.2 Å². The van der Waals surface area contributed by atoms with Gasteiger partial charge < -0.3 is 10.0 Å². The summed E-state index contributed by atoms with van der Waals surface area (Å²) in [6.07, 6.45) is 0.357. The van der Waals surface area contributed by atoms with E-state index in [2.05, 4.69) is 9.71 Å². The van der Waals surface area contributed by atoms with Crippen LogP contribution in [0, 0.1) is 0 Å². The lowest BCUT2D eigenvalue weighted by Gasteiger charge is -2.11. The van der Waals surface area contributed by atoms with E-state index in [0.29, 0.717) is 24.3 Å².